The van der Waals surface area contributed by atoms with Crippen LogP contribution in [0.25, 0.3) is 55.6 Å². The molecular weight excluding hydrogens is 621 g/mol. The number of rotatable bonds is 10. The zero-order valence-corrected chi connectivity index (χ0v) is 27.1. The van der Waals surface area contributed by atoms with Gasteiger partial charge in [0.25, 0.3) is 0 Å². The van der Waals surface area contributed by atoms with Crippen molar-refractivity contribution in [2.45, 2.75) is 32.1 Å². The summed E-state index contributed by atoms with van der Waals surface area (Å²) >= 11 is 0. The Morgan fingerprint density at radius 1 is 0.918 bits per heavy atom. The lowest BCUT2D eigenvalue weighted by molar-refractivity contribution is -0.117. The van der Waals surface area contributed by atoms with Gasteiger partial charge in [0.05, 0.1) is 46.7 Å². The van der Waals surface area contributed by atoms with Gasteiger partial charge in [-0.25, -0.2) is 4.39 Å². The number of carbonyl (C=O) groups is 1. The van der Waals surface area contributed by atoms with Crippen LogP contribution in [0, 0.1) is 11.7 Å². The van der Waals surface area contributed by atoms with Gasteiger partial charge in [0.1, 0.15) is 23.9 Å². The zero-order chi connectivity index (χ0) is 33.2. The molecule has 250 valence electrons. The van der Waals surface area contributed by atoms with Crippen LogP contribution in [0.15, 0.2) is 67.4 Å². The number of halogens is 1. The first-order valence-electron chi connectivity index (χ1n) is 17.0. The second-order valence-electron chi connectivity index (χ2n) is 13.0. The molecule has 49 heavy (non-hydrogen) atoms. The molecule has 5 aromatic heterocycles. The molecule has 0 unspecified atom stereocenters. The number of piperidine rings is 1. The maximum absolute atomic E-state index is 14.8. The van der Waals surface area contributed by atoms with Crippen LogP contribution in [0.5, 0.6) is 5.75 Å². The average Bonchev–Trinajstić information content (AvgIpc) is 3.88. The molecule has 0 atom stereocenters. The van der Waals surface area contributed by atoms with Crippen molar-refractivity contribution in [3.63, 3.8) is 0 Å². The molecule has 1 aromatic carbocycles. The van der Waals surface area contributed by atoms with Gasteiger partial charge in [-0.05, 0) is 93.7 Å². The van der Waals surface area contributed by atoms with E-state index in [0.29, 0.717) is 47.3 Å². The summed E-state index contributed by atoms with van der Waals surface area (Å²) in [6.45, 7) is 5.43. The summed E-state index contributed by atoms with van der Waals surface area (Å²) < 4.78 is 20.8. The minimum atomic E-state index is -0.361. The minimum absolute atomic E-state index is 0.00133. The number of hydrogen-bond donors (Lipinski definition) is 4. The van der Waals surface area contributed by atoms with Gasteiger partial charge in [-0.3, -0.25) is 29.7 Å². The molecule has 0 bridgehead atoms. The fourth-order valence-corrected chi connectivity index (χ4v) is 7.00. The number of nitrogens with one attached hydrogen (secondary N) is 4. The standard InChI is InChI=1S/C37H38FN9O2/c38-26-12-24(14-28(15-26)49-10-9-47-7-1-2-8-47)31-20-41-21-34-29(31)16-33(44-34)37-30-17-32(42-22-35(30)45-46-37)25-13-27(19-40-18-25)43-36(48)11-23-3-5-39-6-4-23/h12-23,39,44H,1-11H2,(H,43,48)(H,45,46). The number of likely N-dealkylation sites (tertiary alicyclic amines) is 1. The average molecular weight is 660 g/mol. The van der Waals surface area contributed by atoms with Crippen molar-refractivity contribution in [3.05, 3.63) is 73.2 Å². The molecule has 0 saturated carbocycles. The highest BCUT2D eigenvalue weighted by Gasteiger charge is 2.19. The highest BCUT2D eigenvalue weighted by Crippen LogP contribution is 2.36. The van der Waals surface area contributed by atoms with Crippen molar-refractivity contribution in [2.24, 2.45) is 5.92 Å². The van der Waals surface area contributed by atoms with E-state index in [9.17, 15) is 9.18 Å². The van der Waals surface area contributed by atoms with Crippen molar-refractivity contribution in [1.29, 1.82) is 0 Å². The van der Waals surface area contributed by atoms with Gasteiger partial charge >= 0.3 is 0 Å². The van der Waals surface area contributed by atoms with E-state index in [4.69, 9.17) is 4.74 Å². The van der Waals surface area contributed by atoms with E-state index in [0.717, 1.165) is 84.2 Å². The lowest BCUT2D eigenvalue weighted by Gasteiger charge is -2.21. The van der Waals surface area contributed by atoms with E-state index in [2.05, 4.69) is 45.7 Å². The van der Waals surface area contributed by atoms with Crippen molar-refractivity contribution in [2.75, 3.05) is 44.6 Å². The summed E-state index contributed by atoms with van der Waals surface area (Å²) in [5.41, 5.74) is 6.66. The van der Waals surface area contributed by atoms with Crippen molar-refractivity contribution >= 4 is 33.4 Å². The third kappa shape index (κ3) is 6.87. The highest BCUT2D eigenvalue weighted by atomic mass is 19.1. The fraction of sp³-hybridized carbons (Fsp3) is 0.324. The van der Waals surface area contributed by atoms with Crippen LogP contribution in [0.4, 0.5) is 10.1 Å². The Labute approximate surface area is 282 Å². The predicted octanol–water partition coefficient (Wildman–Crippen LogP) is 6.17. The van der Waals surface area contributed by atoms with Crippen LogP contribution >= 0.6 is 0 Å². The fourth-order valence-electron chi connectivity index (χ4n) is 7.00. The molecule has 0 radical (unpaired) electrons. The molecule has 0 aliphatic carbocycles. The molecule has 11 nitrogen and oxygen atoms in total. The third-order valence-corrected chi connectivity index (χ3v) is 9.56. The van der Waals surface area contributed by atoms with E-state index in [1.807, 2.05) is 24.3 Å². The Balaban J connectivity index is 1.05. The van der Waals surface area contributed by atoms with Crippen LogP contribution < -0.4 is 15.4 Å². The van der Waals surface area contributed by atoms with Gasteiger partial charge in [0, 0.05) is 53.3 Å². The first kappa shape index (κ1) is 31.1. The number of amides is 1. The summed E-state index contributed by atoms with van der Waals surface area (Å²) in [5, 5.41) is 15.8. The maximum atomic E-state index is 14.8. The molecule has 6 aromatic rings. The summed E-state index contributed by atoms with van der Waals surface area (Å²) in [7, 11) is 0. The number of nitrogens with zero attached hydrogens (tertiary/aromatic N) is 5. The Morgan fingerprint density at radius 2 is 1.78 bits per heavy atom. The number of benzene rings is 1. The van der Waals surface area contributed by atoms with E-state index in [1.54, 1.807) is 31.0 Å². The number of anilines is 1. The van der Waals surface area contributed by atoms with Gasteiger partial charge in [0.15, 0.2) is 0 Å². The molecule has 7 heterocycles. The van der Waals surface area contributed by atoms with Crippen LogP contribution in [0.2, 0.25) is 0 Å². The van der Waals surface area contributed by atoms with Crippen LogP contribution in [-0.2, 0) is 4.79 Å². The number of pyridine rings is 3. The van der Waals surface area contributed by atoms with Gasteiger partial charge in [-0.2, -0.15) is 5.10 Å². The topological polar surface area (TPSA) is 137 Å². The number of carbonyl (C=O) groups excluding carboxylic acids is 1. The third-order valence-electron chi connectivity index (χ3n) is 9.56. The summed E-state index contributed by atoms with van der Waals surface area (Å²) in [4.78, 5) is 32.1. The number of aromatic amines is 2. The number of H-pyrrole nitrogens is 2. The smallest absolute Gasteiger partial charge is 0.224 e. The van der Waals surface area contributed by atoms with Gasteiger partial charge in [0.2, 0.25) is 5.91 Å². The normalized spacial score (nSPS) is 15.7. The Kier molecular flexibility index (Phi) is 8.71. The van der Waals surface area contributed by atoms with Gasteiger partial charge in [-0.15, -0.1) is 0 Å². The first-order valence-corrected chi connectivity index (χ1v) is 17.0. The molecule has 1 amide bonds. The maximum Gasteiger partial charge on any atom is 0.224 e. The van der Waals surface area contributed by atoms with Gasteiger partial charge < -0.3 is 20.4 Å². The van der Waals surface area contributed by atoms with Crippen LogP contribution in [0.3, 0.4) is 0 Å². The molecular formula is C37H38FN9O2. The largest absolute Gasteiger partial charge is 0.492 e. The number of fused-ring (bicyclic) bond motifs is 2. The second kappa shape index (κ2) is 13.7. The molecule has 12 heteroatoms. The van der Waals surface area contributed by atoms with Crippen LogP contribution in [0.1, 0.15) is 32.1 Å². The monoisotopic (exact) mass is 659 g/mol. The molecule has 2 aliphatic heterocycles. The molecule has 8 rings (SSSR count). The lowest BCUT2D eigenvalue weighted by atomic mass is 9.94. The van der Waals surface area contributed by atoms with Crippen LogP contribution in [-0.4, -0.2) is 80.3 Å². The lowest BCUT2D eigenvalue weighted by Crippen LogP contribution is -2.30. The molecule has 2 aliphatic rings. The molecule has 0 spiro atoms. The van der Waals surface area contributed by atoms with Crippen molar-refractivity contribution in [3.8, 4) is 39.5 Å². The SMILES string of the molecule is O=C(CC1CCNCC1)Nc1cncc(-c2cc3c(-c4cc5c(-c6cc(F)cc(OCCN7CCCC7)c6)cncc5[nH]4)n[nH]c3cn2)c1. The van der Waals surface area contributed by atoms with Gasteiger partial charge in [-0.1, -0.05) is 0 Å². The van der Waals surface area contributed by atoms with E-state index in [-0.39, 0.29) is 11.7 Å². The molecule has 4 N–H and O–H groups in total. The van der Waals surface area contributed by atoms with E-state index in [1.165, 1.54) is 25.0 Å². The predicted molar refractivity (Wildman–Crippen MR) is 188 cm³/mol. The minimum Gasteiger partial charge on any atom is -0.492 e. The van der Waals surface area contributed by atoms with Crippen molar-refractivity contribution < 1.29 is 13.9 Å². The first-order chi connectivity index (χ1) is 24.1. The zero-order valence-electron chi connectivity index (χ0n) is 27.1. The highest BCUT2D eigenvalue weighted by molar-refractivity contribution is 6.01. The second-order valence-corrected chi connectivity index (χ2v) is 13.0. The van der Waals surface area contributed by atoms with Crippen molar-refractivity contribution in [1.82, 2.24) is 40.3 Å². The number of hydrogen-bond acceptors (Lipinski definition) is 8. The van der Waals surface area contributed by atoms with E-state index >= 15 is 0 Å². The summed E-state index contributed by atoms with van der Waals surface area (Å²) in [6.07, 6.45) is 13.6. The van der Waals surface area contributed by atoms with E-state index < -0.39 is 0 Å². The number of aromatic nitrogens is 6. The Morgan fingerprint density at radius 3 is 2.65 bits per heavy atom. The Bertz CT molecular complexity index is 2110. The number of ether oxygens (including phenoxy) is 1. The molecule has 2 saturated heterocycles. The Hall–Kier alpha value is -5.20. The molecule has 2 fully saturated rings. The summed E-state index contributed by atoms with van der Waals surface area (Å²) in [5.74, 6) is 0.533. The summed E-state index contributed by atoms with van der Waals surface area (Å²) in [6, 6.07) is 10.7. The quantitative estimate of drug-likeness (QED) is 0.137.